The average molecular weight is 436 g/mol. The van der Waals surface area contributed by atoms with Gasteiger partial charge in [-0.05, 0) is 61.3 Å². The van der Waals surface area contributed by atoms with Crippen LogP contribution in [0.1, 0.15) is 32.7 Å². The third kappa shape index (κ3) is 4.40. The Kier molecular flexibility index (Phi) is 5.93. The highest BCUT2D eigenvalue weighted by molar-refractivity contribution is 5.96. The molecular weight excluding hydrogens is 402 g/mol. The first-order valence-corrected chi connectivity index (χ1v) is 11.6. The molecule has 1 saturated heterocycles. The molecule has 0 unspecified atom stereocenters. The molecule has 0 radical (unpaired) electrons. The van der Waals surface area contributed by atoms with Crippen molar-refractivity contribution in [3.8, 4) is 11.1 Å². The minimum Gasteiger partial charge on any atom is -0.379 e. The number of pyridine rings is 1. The summed E-state index contributed by atoms with van der Waals surface area (Å²) in [6, 6.07) is 6.88. The highest BCUT2D eigenvalue weighted by Crippen LogP contribution is 2.31. The number of aryl methyl sites for hydroxylation is 2. The van der Waals surface area contributed by atoms with Crippen LogP contribution in [0.2, 0.25) is 0 Å². The Labute approximate surface area is 190 Å². The summed E-state index contributed by atoms with van der Waals surface area (Å²) in [5.41, 5.74) is 3.36. The van der Waals surface area contributed by atoms with Crippen molar-refractivity contribution in [1.82, 2.24) is 19.7 Å². The number of benzene rings is 1. The monoisotopic (exact) mass is 435 g/mol. The summed E-state index contributed by atoms with van der Waals surface area (Å²) in [5, 5.41) is 9.54. The standard InChI is InChI=1S/C25H31N5O2.H2/c1-17-11-19(21-14-27-29(2)16-21)12-20-13-24(26-15-23(17)20)28-25(31)18-3-5-22(6-4-18)30-7-9-32-10-8-30;/h11-16,18,22H,3-10H2,1-2H3,(H,26,28,31);1H. The fraction of sp³-hybridized carbons (Fsp3) is 0.480. The van der Waals surface area contributed by atoms with E-state index < -0.39 is 0 Å². The van der Waals surface area contributed by atoms with Crippen LogP contribution in [-0.2, 0) is 16.6 Å². The lowest BCUT2D eigenvalue weighted by atomic mass is 9.84. The number of amides is 1. The number of hydrogen-bond acceptors (Lipinski definition) is 5. The molecule has 3 heterocycles. The van der Waals surface area contributed by atoms with E-state index in [0.29, 0.717) is 11.9 Å². The minimum atomic E-state index is 0. The van der Waals surface area contributed by atoms with Gasteiger partial charge in [0.05, 0.1) is 19.4 Å². The molecular formula is C25H33N5O2. The lowest BCUT2D eigenvalue weighted by Gasteiger charge is -2.38. The van der Waals surface area contributed by atoms with Gasteiger partial charge in [0.2, 0.25) is 5.91 Å². The van der Waals surface area contributed by atoms with E-state index in [1.807, 2.05) is 31.7 Å². The molecule has 7 nitrogen and oxygen atoms in total. The Hall–Kier alpha value is -2.77. The van der Waals surface area contributed by atoms with E-state index in [-0.39, 0.29) is 13.3 Å². The van der Waals surface area contributed by atoms with E-state index in [4.69, 9.17) is 4.74 Å². The molecule has 5 rings (SSSR count). The zero-order valence-corrected chi connectivity index (χ0v) is 18.9. The zero-order valence-electron chi connectivity index (χ0n) is 18.9. The van der Waals surface area contributed by atoms with E-state index in [0.717, 1.165) is 79.4 Å². The number of anilines is 1. The first-order valence-electron chi connectivity index (χ1n) is 11.6. The van der Waals surface area contributed by atoms with Crippen LogP contribution in [0.5, 0.6) is 0 Å². The van der Waals surface area contributed by atoms with Crippen LogP contribution in [-0.4, -0.2) is 57.9 Å². The van der Waals surface area contributed by atoms with Gasteiger partial charge in [0.1, 0.15) is 5.82 Å². The van der Waals surface area contributed by atoms with Crippen LogP contribution in [0.4, 0.5) is 5.82 Å². The number of nitrogens with zero attached hydrogens (tertiary/aromatic N) is 4. The Morgan fingerprint density at radius 1 is 1.09 bits per heavy atom. The van der Waals surface area contributed by atoms with Gasteiger partial charge in [-0.1, -0.05) is 6.07 Å². The van der Waals surface area contributed by atoms with E-state index in [1.165, 1.54) is 0 Å². The number of rotatable bonds is 4. The smallest absolute Gasteiger partial charge is 0.228 e. The molecule has 0 bridgehead atoms. The quantitative estimate of drug-likeness (QED) is 0.670. The van der Waals surface area contributed by atoms with Crippen molar-refractivity contribution in [3.05, 3.63) is 42.4 Å². The molecule has 2 aliphatic rings. The number of aromatic nitrogens is 3. The van der Waals surface area contributed by atoms with Crippen molar-refractivity contribution >= 4 is 22.5 Å². The van der Waals surface area contributed by atoms with Crippen LogP contribution in [0.25, 0.3) is 21.9 Å². The number of carbonyl (C=O) groups is 1. The Bertz CT molecular complexity index is 1120. The molecule has 3 aromatic rings. The van der Waals surface area contributed by atoms with E-state index in [1.54, 1.807) is 4.68 Å². The Morgan fingerprint density at radius 3 is 2.59 bits per heavy atom. The molecule has 1 aliphatic heterocycles. The molecule has 0 spiro atoms. The lowest BCUT2D eigenvalue weighted by Crippen LogP contribution is -2.45. The van der Waals surface area contributed by atoms with Crippen molar-refractivity contribution in [2.75, 3.05) is 31.6 Å². The number of morpholine rings is 1. The van der Waals surface area contributed by atoms with Crippen molar-refractivity contribution in [2.45, 2.75) is 38.6 Å². The van der Waals surface area contributed by atoms with Gasteiger partial charge < -0.3 is 10.1 Å². The molecule has 0 atom stereocenters. The maximum atomic E-state index is 12.9. The first kappa shape index (κ1) is 21.1. The summed E-state index contributed by atoms with van der Waals surface area (Å²) in [4.78, 5) is 20.0. The highest BCUT2D eigenvalue weighted by Gasteiger charge is 2.30. The van der Waals surface area contributed by atoms with Gasteiger partial charge in [0.25, 0.3) is 0 Å². The number of nitrogens with one attached hydrogen (secondary N) is 1. The maximum Gasteiger partial charge on any atom is 0.228 e. The van der Waals surface area contributed by atoms with E-state index in [2.05, 4.69) is 39.4 Å². The molecule has 1 aliphatic carbocycles. The highest BCUT2D eigenvalue weighted by atomic mass is 16.5. The van der Waals surface area contributed by atoms with Crippen LogP contribution >= 0.6 is 0 Å². The number of carbonyl (C=O) groups excluding carboxylic acids is 1. The average Bonchev–Trinajstić information content (AvgIpc) is 3.26. The second-order valence-electron chi connectivity index (χ2n) is 9.13. The number of fused-ring (bicyclic) bond motifs is 1. The number of hydrogen-bond donors (Lipinski definition) is 1. The molecule has 170 valence electrons. The van der Waals surface area contributed by atoms with Crippen LogP contribution in [0.3, 0.4) is 0 Å². The van der Waals surface area contributed by atoms with Gasteiger partial charge >= 0.3 is 0 Å². The summed E-state index contributed by atoms with van der Waals surface area (Å²) >= 11 is 0. The maximum absolute atomic E-state index is 12.9. The summed E-state index contributed by atoms with van der Waals surface area (Å²) in [6.07, 6.45) is 9.78. The van der Waals surface area contributed by atoms with Gasteiger partial charge in [-0.3, -0.25) is 14.4 Å². The van der Waals surface area contributed by atoms with Gasteiger partial charge in [0, 0.05) is 56.9 Å². The summed E-state index contributed by atoms with van der Waals surface area (Å²) in [7, 11) is 1.92. The SMILES string of the molecule is Cc1cc(-c2cnn(C)c2)cc2cc(NC(=O)C3CCC(N4CCOCC4)CC3)ncc12.[HH]. The molecule has 7 heteroatoms. The summed E-state index contributed by atoms with van der Waals surface area (Å²) in [6.45, 7) is 5.78. The lowest BCUT2D eigenvalue weighted by molar-refractivity contribution is -0.121. The summed E-state index contributed by atoms with van der Waals surface area (Å²) in [5.74, 6) is 0.784. The summed E-state index contributed by atoms with van der Waals surface area (Å²) < 4.78 is 7.28. The van der Waals surface area contributed by atoms with Crippen molar-refractivity contribution in [3.63, 3.8) is 0 Å². The molecule has 2 fully saturated rings. The van der Waals surface area contributed by atoms with Crippen molar-refractivity contribution in [2.24, 2.45) is 13.0 Å². The van der Waals surface area contributed by atoms with Crippen LogP contribution in [0.15, 0.2) is 36.8 Å². The topological polar surface area (TPSA) is 72.3 Å². The Morgan fingerprint density at radius 2 is 1.88 bits per heavy atom. The fourth-order valence-electron chi connectivity index (χ4n) is 5.12. The molecule has 1 N–H and O–H groups in total. The normalized spacial score (nSPS) is 22.2. The van der Waals surface area contributed by atoms with Gasteiger partial charge in [-0.2, -0.15) is 5.10 Å². The molecule has 1 amide bonds. The van der Waals surface area contributed by atoms with Crippen molar-refractivity contribution < 1.29 is 11.0 Å². The fourth-order valence-corrected chi connectivity index (χ4v) is 5.12. The molecule has 1 saturated carbocycles. The molecule has 2 aromatic heterocycles. The molecule has 32 heavy (non-hydrogen) atoms. The first-order chi connectivity index (χ1) is 15.6. The second-order valence-corrected chi connectivity index (χ2v) is 9.13. The zero-order chi connectivity index (χ0) is 22.1. The van der Waals surface area contributed by atoms with Crippen LogP contribution < -0.4 is 5.32 Å². The predicted molar refractivity (Wildman–Crippen MR) is 128 cm³/mol. The van der Waals surface area contributed by atoms with E-state index >= 15 is 0 Å². The number of ether oxygens (including phenoxy) is 1. The van der Waals surface area contributed by atoms with Crippen molar-refractivity contribution in [1.29, 1.82) is 0 Å². The third-order valence-corrected chi connectivity index (χ3v) is 6.96. The largest absolute Gasteiger partial charge is 0.379 e. The van der Waals surface area contributed by atoms with Gasteiger partial charge in [0.15, 0.2) is 0 Å². The van der Waals surface area contributed by atoms with Crippen LogP contribution in [0, 0.1) is 12.8 Å². The third-order valence-electron chi connectivity index (χ3n) is 6.96. The van der Waals surface area contributed by atoms with Gasteiger partial charge in [-0.25, -0.2) is 4.98 Å². The Balaban J connectivity index is 0.00000259. The predicted octanol–water partition coefficient (Wildman–Crippen LogP) is 4.02. The van der Waals surface area contributed by atoms with Gasteiger partial charge in [-0.15, -0.1) is 0 Å². The minimum absolute atomic E-state index is 0. The second kappa shape index (κ2) is 9.00. The van der Waals surface area contributed by atoms with E-state index in [9.17, 15) is 4.79 Å². The molecule has 1 aromatic carbocycles.